The molecule has 2 atom stereocenters. The highest BCUT2D eigenvalue weighted by molar-refractivity contribution is 7.89. The summed E-state index contributed by atoms with van der Waals surface area (Å²) in [6.07, 6.45) is 3.32. The lowest BCUT2D eigenvalue weighted by molar-refractivity contribution is 0.00190. The van der Waals surface area contributed by atoms with Crippen LogP contribution in [0.1, 0.15) is 56.8 Å². The quantitative estimate of drug-likeness (QED) is 0.791. The smallest absolute Gasteiger partial charge is 0.251 e. The van der Waals surface area contributed by atoms with Crippen molar-refractivity contribution in [2.24, 2.45) is 5.41 Å². The summed E-state index contributed by atoms with van der Waals surface area (Å²) in [6, 6.07) is 5.82. The van der Waals surface area contributed by atoms with Gasteiger partial charge in [0.1, 0.15) is 0 Å². The second kappa shape index (κ2) is 8.06. The van der Waals surface area contributed by atoms with E-state index >= 15 is 0 Å². The highest BCUT2D eigenvalue weighted by Gasteiger charge is 2.35. The minimum absolute atomic E-state index is 0.148. The monoisotopic (exact) mass is 382 g/mol. The van der Waals surface area contributed by atoms with E-state index in [-0.39, 0.29) is 22.3 Å². The Hall–Kier alpha value is -1.44. The van der Waals surface area contributed by atoms with Crippen LogP contribution in [0.3, 0.4) is 0 Å². The fourth-order valence-corrected chi connectivity index (χ4v) is 4.56. The average molecular weight is 383 g/mol. The fourth-order valence-electron chi connectivity index (χ4n) is 3.19. The van der Waals surface area contributed by atoms with Crippen molar-refractivity contribution in [3.63, 3.8) is 0 Å². The van der Waals surface area contributed by atoms with Gasteiger partial charge in [-0.25, -0.2) is 8.42 Å². The Balaban J connectivity index is 2.05. The second-order valence-corrected chi connectivity index (χ2v) is 9.74. The molecule has 0 aromatic heterocycles. The molecular weight excluding hydrogens is 352 g/mol. The van der Waals surface area contributed by atoms with Gasteiger partial charge in [0, 0.05) is 30.6 Å². The lowest BCUT2D eigenvalue weighted by Crippen LogP contribution is -2.45. The van der Waals surface area contributed by atoms with Crippen LogP contribution in [0.15, 0.2) is 29.2 Å². The fraction of sp³-hybridized carbons (Fsp3) is 0.632. The van der Waals surface area contributed by atoms with E-state index in [1.807, 2.05) is 6.92 Å². The van der Waals surface area contributed by atoms with Crippen LogP contribution >= 0.6 is 0 Å². The molecule has 1 aromatic carbocycles. The molecule has 0 radical (unpaired) electrons. The van der Waals surface area contributed by atoms with Crippen molar-refractivity contribution in [3.05, 3.63) is 29.8 Å². The predicted molar refractivity (Wildman–Crippen MR) is 101 cm³/mol. The maximum atomic E-state index is 12.5. The topological polar surface area (TPSA) is 86.7 Å². The minimum atomic E-state index is -3.56. The minimum Gasteiger partial charge on any atom is -0.392 e. The Morgan fingerprint density at radius 1 is 1.31 bits per heavy atom. The molecule has 0 aliphatic heterocycles. The molecule has 1 aromatic rings. The first kappa shape index (κ1) is 20.9. The number of sulfonamides is 1. The molecule has 0 bridgehead atoms. The predicted octanol–water partition coefficient (Wildman–Crippen LogP) is 2.39. The number of carbonyl (C=O) groups is 1. The first-order valence-corrected chi connectivity index (χ1v) is 10.6. The van der Waals surface area contributed by atoms with E-state index in [4.69, 9.17) is 0 Å². The van der Waals surface area contributed by atoms with Gasteiger partial charge in [-0.1, -0.05) is 19.8 Å². The van der Waals surface area contributed by atoms with Crippen LogP contribution in [-0.4, -0.2) is 49.5 Å². The summed E-state index contributed by atoms with van der Waals surface area (Å²) < 4.78 is 26.2. The Labute approximate surface area is 156 Å². The van der Waals surface area contributed by atoms with Crippen LogP contribution in [0.25, 0.3) is 0 Å². The molecule has 2 rings (SSSR count). The van der Waals surface area contributed by atoms with Crippen LogP contribution in [0.5, 0.6) is 0 Å². The standard InChI is InChI=1S/C19H30N2O4S/c1-14(2)21(4)26(24,25)16-10-8-15(9-11-16)18(23)20-13-19(3)12-6-5-7-17(19)22/h8-11,14,17,22H,5-7,12-13H2,1-4H3,(H,20,23)/t17-,19+/m0/s1. The van der Waals surface area contributed by atoms with Crippen molar-refractivity contribution < 1.29 is 18.3 Å². The van der Waals surface area contributed by atoms with Gasteiger partial charge >= 0.3 is 0 Å². The zero-order valence-corrected chi connectivity index (χ0v) is 16.8. The van der Waals surface area contributed by atoms with Gasteiger partial charge in [0.05, 0.1) is 11.0 Å². The van der Waals surface area contributed by atoms with E-state index in [9.17, 15) is 18.3 Å². The average Bonchev–Trinajstić information content (AvgIpc) is 2.61. The van der Waals surface area contributed by atoms with Gasteiger partial charge < -0.3 is 10.4 Å². The number of aliphatic hydroxyl groups is 1. The summed E-state index contributed by atoms with van der Waals surface area (Å²) in [6.45, 7) is 6.01. The van der Waals surface area contributed by atoms with Crippen LogP contribution in [0.2, 0.25) is 0 Å². The maximum Gasteiger partial charge on any atom is 0.251 e. The van der Waals surface area contributed by atoms with Gasteiger partial charge in [0.25, 0.3) is 5.91 Å². The number of benzene rings is 1. The normalized spacial score (nSPS) is 24.0. The lowest BCUT2D eigenvalue weighted by Gasteiger charge is -2.38. The van der Waals surface area contributed by atoms with E-state index in [2.05, 4.69) is 5.32 Å². The van der Waals surface area contributed by atoms with E-state index < -0.39 is 16.1 Å². The third kappa shape index (κ3) is 4.45. The van der Waals surface area contributed by atoms with E-state index in [0.717, 1.165) is 25.7 Å². The Morgan fingerprint density at radius 2 is 1.92 bits per heavy atom. The Bertz CT molecular complexity index is 730. The molecule has 1 amide bonds. The summed E-state index contributed by atoms with van der Waals surface area (Å²) in [4.78, 5) is 12.6. The van der Waals surface area contributed by atoms with E-state index in [1.54, 1.807) is 13.8 Å². The number of aliphatic hydroxyl groups excluding tert-OH is 1. The lowest BCUT2D eigenvalue weighted by atomic mass is 9.73. The van der Waals surface area contributed by atoms with Gasteiger partial charge in [-0.2, -0.15) is 4.31 Å². The van der Waals surface area contributed by atoms with Crippen LogP contribution in [0, 0.1) is 5.41 Å². The third-order valence-corrected chi connectivity index (χ3v) is 7.50. The number of hydrogen-bond acceptors (Lipinski definition) is 4. The molecule has 146 valence electrons. The molecule has 0 heterocycles. The van der Waals surface area contributed by atoms with Crippen LogP contribution < -0.4 is 5.32 Å². The molecule has 1 aliphatic rings. The molecular formula is C19H30N2O4S. The highest BCUT2D eigenvalue weighted by atomic mass is 32.2. The number of hydrogen-bond donors (Lipinski definition) is 2. The van der Waals surface area contributed by atoms with E-state index in [1.165, 1.54) is 35.6 Å². The Morgan fingerprint density at radius 3 is 2.46 bits per heavy atom. The molecule has 26 heavy (non-hydrogen) atoms. The van der Waals surface area contributed by atoms with Gasteiger partial charge in [0.2, 0.25) is 10.0 Å². The Kier molecular flexibility index (Phi) is 6.47. The molecule has 1 aliphatic carbocycles. The van der Waals surface area contributed by atoms with Crippen molar-refractivity contribution in [2.75, 3.05) is 13.6 Å². The zero-order valence-electron chi connectivity index (χ0n) is 16.0. The third-order valence-electron chi connectivity index (χ3n) is 5.45. The SMILES string of the molecule is CC(C)N(C)S(=O)(=O)c1ccc(C(=O)NC[C@@]2(C)CCCC[C@@H]2O)cc1. The van der Waals surface area contributed by atoms with Gasteiger partial charge in [-0.05, 0) is 51.0 Å². The number of carbonyl (C=O) groups excluding carboxylic acids is 1. The summed E-state index contributed by atoms with van der Waals surface area (Å²) in [5.74, 6) is -0.259. The summed E-state index contributed by atoms with van der Waals surface area (Å²) in [7, 11) is -2.02. The number of amides is 1. The van der Waals surface area contributed by atoms with Crippen LogP contribution in [0.4, 0.5) is 0 Å². The molecule has 0 unspecified atom stereocenters. The largest absolute Gasteiger partial charge is 0.392 e. The van der Waals surface area contributed by atoms with Crippen molar-refractivity contribution in [1.82, 2.24) is 9.62 Å². The van der Waals surface area contributed by atoms with Crippen molar-refractivity contribution in [1.29, 1.82) is 0 Å². The van der Waals surface area contributed by atoms with Gasteiger partial charge in [-0.15, -0.1) is 0 Å². The van der Waals surface area contributed by atoms with Gasteiger partial charge in [-0.3, -0.25) is 4.79 Å². The summed E-state index contributed by atoms with van der Waals surface area (Å²) >= 11 is 0. The molecule has 0 saturated heterocycles. The zero-order chi connectivity index (χ0) is 19.5. The highest BCUT2D eigenvalue weighted by Crippen LogP contribution is 2.35. The molecule has 7 heteroatoms. The number of nitrogens with one attached hydrogen (secondary N) is 1. The molecule has 2 N–H and O–H groups in total. The molecule has 1 fully saturated rings. The second-order valence-electron chi connectivity index (χ2n) is 7.74. The maximum absolute atomic E-state index is 12.5. The van der Waals surface area contributed by atoms with Crippen molar-refractivity contribution >= 4 is 15.9 Å². The van der Waals surface area contributed by atoms with Gasteiger partial charge in [0.15, 0.2) is 0 Å². The first-order chi connectivity index (χ1) is 12.1. The van der Waals surface area contributed by atoms with Crippen molar-refractivity contribution in [3.8, 4) is 0 Å². The number of rotatable bonds is 6. The molecule has 1 saturated carbocycles. The molecule has 6 nitrogen and oxygen atoms in total. The summed E-state index contributed by atoms with van der Waals surface area (Å²) in [5.41, 5.74) is 0.0991. The number of nitrogens with zero attached hydrogens (tertiary/aromatic N) is 1. The van der Waals surface area contributed by atoms with Crippen molar-refractivity contribution in [2.45, 2.75) is 63.5 Å². The first-order valence-electron chi connectivity index (χ1n) is 9.12. The summed E-state index contributed by atoms with van der Waals surface area (Å²) in [5, 5.41) is 13.1. The molecule has 0 spiro atoms. The van der Waals surface area contributed by atoms with E-state index in [0.29, 0.717) is 12.1 Å². The van der Waals surface area contributed by atoms with Crippen LogP contribution in [-0.2, 0) is 10.0 Å².